The van der Waals surface area contributed by atoms with Gasteiger partial charge >= 0.3 is 0 Å². The molecule has 0 bridgehead atoms. The summed E-state index contributed by atoms with van der Waals surface area (Å²) in [4.78, 5) is 12.1. The van der Waals surface area contributed by atoms with Crippen molar-refractivity contribution in [2.75, 3.05) is 11.4 Å². The van der Waals surface area contributed by atoms with Crippen LogP contribution in [0, 0.1) is 12.3 Å². The Morgan fingerprint density at radius 3 is 2.17 bits per heavy atom. The van der Waals surface area contributed by atoms with Crippen LogP contribution in [0.25, 0.3) is 0 Å². The lowest BCUT2D eigenvalue weighted by molar-refractivity contribution is 0.364. The summed E-state index contributed by atoms with van der Waals surface area (Å²) in [5.41, 5.74) is 1.55. The van der Waals surface area contributed by atoms with Gasteiger partial charge in [-0.25, -0.2) is 9.97 Å². The zero-order chi connectivity index (χ0) is 18.2. The van der Waals surface area contributed by atoms with Gasteiger partial charge in [-0.3, -0.25) is 0 Å². The van der Waals surface area contributed by atoms with Crippen LogP contribution in [0.1, 0.15) is 91.5 Å². The molecule has 0 aliphatic heterocycles. The van der Waals surface area contributed by atoms with Gasteiger partial charge in [0.05, 0.1) is 0 Å². The summed E-state index contributed by atoms with van der Waals surface area (Å²) in [5.74, 6) is 2.16. The first-order chi connectivity index (χ1) is 11.3. The summed E-state index contributed by atoms with van der Waals surface area (Å²) >= 11 is 0. The van der Waals surface area contributed by atoms with Gasteiger partial charge in [0.1, 0.15) is 11.6 Å². The lowest BCUT2D eigenvalue weighted by Crippen LogP contribution is -2.39. The van der Waals surface area contributed by atoms with Crippen LogP contribution < -0.4 is 4.90 Å². The van der Waals surface area contributed by atoms with E-state index in [1.165, 1.54) is 43.5 Å². The number of hydrogen-bond donors (Lipinski definition) is 0. The molecule has 0 amide bonds. The highest BCUT2D eigenvalue weighted by Crippen LogP contribution is 2.27. The van der Waals surface area contributed by atoms with E-state index in [2.05, 4.69) is 58.4 Å². The van der Waals surface area contributed by atoms with E-state index in [9.17, 15) is 0 Å². The van der Waals surface area contributed by atoms with Crippen LogP contribution in [0.5, 0.6) is 0 Å². The Balaban J connectivity index is 3.16. The molecule has 24 heavy (non-hydrogen) atoms. The molecule has 0 aliphatic rings. The monoisotopic (exact) mass is 333 g/mol. The van der Waals surface area contributed by atoms with Gasteiger partial charge in [-0.2, -0.15) is 0 Å². The molecular formula is C21H39N3. The first kappa shape index (κ1) is 20.9. The Kier molecular flexibility index (Phi) is 8.72. The lowest BCUT2D eigenvalue weighted by Gasteiger charge is -2.36. The van der Waals surface area contributed by atoms with Gasteiger partial charge in [0.25, 0.3) is 0 Å². The van der Waals surface area contributed by atoms with Crippen LogP contribution in [0.2, 0.25) is 0 Å². The van der Waals surface area contributed by atoms with Crippen molar-refractivity contribution in [1.82, 2.24) is 9.97 Å². The molecule has 0 aliphatic carbocycles. The third kappa shape index (κ3) is 6.78. The quantitative estimate of drug-likeness (QED) is 0.530. The number of nitrogens with zero attached hydrogens (tertiary/aromatic N) is 3. The Morgan fingerprint density at radius 2 is 1.67 bits per heavy atom. The van der Waals surface area contributed by atoms with Crippen molar-refractivity contribution in [3.05, 3.63) is 17.6 Å². The lowest BCUT2D eigenvalue weighted by atomic mass is 9.91. The van der Waals surface area contributed by atoms with Gasteiger partial charge in [0.15, 0.2) is 0 Å². The second-order valence-corrected chi connectivity index (χ2v) is 8.28. The van der Waals surface area contributed by atoms with E-state index in [1.54, 1.807) is 0 Å². The maximum absolute atomic E-state index is 4.96. The van der Waals surface area contributed by atoms with Gasteiger partial charge < -0.3 is 4.90 Å². The number of aromatic nitrogens is 2. The van der Waals surface area contributed by atoms with Crippen LogP contribution in [-0.4, -0.2) is 22.6 Å². The average Bonchev–Trinajstić information content (AvgIpc) is 2.50. The summed E-state index contributed by atoms with van der Waals surface area (Å²) in [6.45, 7) is 17.0. The van der Waals surface area contributed by atoms with Gasteiger partial charge in [-0.15, -0.1) is 0 Å². The van der Waals surface area contributed by atoms with Gasteiger partial charge in [-0.05, 0) is 38.0 Å². The third-order valence-electron chi connectivity index (χ3n) is 4.53. The standard InChI is InChI=1S/C21H39N3/c1-8-11-18(12-9-2)24(15-14-21(5,6)7)20-17(4)16-22-19(23-20)13-10-3/h16,18H,8-15H2,1-7H3. The molecule has 1 aromatic rings. The topological polar surface area (TPSA) is 29.0 Å². The highest BCUT2D eigenvalue weighted by Gasteiger charge is 2.23. The molecule has 0 N–H and O–H groups in total. The van der Waals surface area contributed by atoms with Crippen molar-refractivity contribution in [2.45, 2.75) is 99.5 Å². The largest absolute Gasteiger partial charge is 0.353 e. The normalized spacial score (nSPS) is 12.0. The highest BCUT2D eigenvalue weighted by atomic mass is 15.2. The van der Waals surface area contributed by atoms with Gasteiger partial charge in [0, 0.05) is 30.8 Å². The van der Waals surface area contributed by atoms with Crippen molar-refractivity contribution in [3.8, 4) is 0 Å². The summed E-state index contributed by atoms with van der Waals surface area (Å²) in [5, 5.41) is 0. The minimum Gasteiger partial charge on any atom is -0.353 e. The summed E-state index contributed by atoms with van der Waals surface area (Å²) < 4.78 is 0. The minimum absolute atomic E-state index is 0.342. The number of hydrogen-bond acceptors (Lipinski definition) is 3. The Bertz CT molecular complexity index is 470. The fraction of sp³-hybridized carbons (Fsp3) is 0.810. The Morgan fingerprint density at radius 1 is 1.04 bits per heavy atom. The zero-order valence-corrected chi connectivity index (χ0v) is 17.2. The second-order valence-electron chi connectivity index (χ2n) is 8.28. The predicted molar refractivity (Wildman–Crippen MR) is 106 cm³/mol. The van der Waals surface area contributed by atoms with Crippen LogP contribution in [-0.2, 0) is 6.42 Å². The molecule has 0 saturated carbocycles. The molecule has 3 nitrogen and oxygen atoms in total. The van der Waals surface area contributed by atoms with Crippen molar-refractivity contribution < 1.29 is 0 Å². The molecule has 1 rings (SSSR count). The number of aryl methyl sites for hydroxylation is 2. The molecule has 1 heterocycles. The van der Waals surface area contributed by atoms with Crippen molar-refractivity contribution >= 4 is 5.82 Å². The van der Waals surface area contributed by atoms with Crippen molar-refractivity contribution in [3.63, 3.8) is 0 Å². The van der Waals surface area contributed by atoms with E-state index < -0.39 is 0 Å². The van der Waals surface area contributed by atoms with E-state index in [4.69, 9.17) is 4.98 Å². The third-order valence-corrected chi connectivity index (χ3v) is 4.53. The SMILES string of the molecule is CCCc1ncc(C)c(N(CCC(C)(C)C)C(CCC)CCC)n1. The molecule has 1 aromatic heterocycles. The van der Waals surface area contributed by atoms with Crippen LogP contribution in [0.15, 0.2) is 6.20 Å². The van der Waals surface area contributed by atoms with E-state index in [0.29, 0.717) is 11.5 Å². The molecule has 0 saturated heterocycles. The average molecular weight is 334 g/mol. The molecular weight excluding hydrogens is 294 g/mol. The molecule has 138 valence electrons. The molecule has 0 aromatic carbocycles. The molecule has 0 spiro atoms. The summed E-state index contributed by atoms with van der Waals surface area (Å²) in [6, 6.07) is 0.588. The van der Waals surface area contributed by atoms with Crippen molar-refractivity contribution in [2.24, 2.45) is 5.41 Å². The fourth-order valence-electron chi connectivity index (χ4n) is 3.14. The van der Waals surface area contributed by atoms with Crippen LogP contribution in [0.4, 0.5) is 5.82 Å². The van der Waals surface area contributed by atoms with Crippen LogP contribution >= 0.6 is 0 Å². The molecule has 0 unspecified atom stereocenters. The fourth-order valence-corrected chi connectivity index (χ4v) is 3.14. The predicted octanol–water partition coefficient (Wildman–Crippen LogP) is 5.95. The maximum Gasteiger partial charge on any atom is 0.135 e. The van der Waals surface area contributed by atoms with E-state index in [-0.39, 0.29) is 0 Å². The zero-order valence-electron chi connectivity index (χ0n) is 17.2. The maximum atomic E-state index is 4.96. The van der Waals surface area contributed by atoms with E-state index in [0.717, 1.165) is 25.2 Å². The highest BCUT2D eigenvalue weighted by molar-refractivity contribution is 5.46. The Labute approximate surface area is 150 Å². The molecule has 0 radical (unpaired) electrons. The number of rotatable bonds is 10. The number of anilines is 1. The molecule has 0 fully saturated rings. The summed E-state index contributed by atoms with van der Waals surface area (Å²) in [7, 11) is 0. The Hall–Kier alpha value is -1.12. The van der Waals surface area contributed by atoms with Crippen molar-refractivity contribution in [1.29, 1.82) is 0 Å². The first-order valence-electron chi connectivity index (χ1n) is 9.91. The smallest absolute Gasteiger partial charge is 0.135 e. The second kappa shape index (κ2) is 10.0. The summed E-state index contributed by atoms with van der Waals surface area (Å²) in [6.07, 6.45) is 10.2. The van der Waals surface area contributed by atoms with E-state index >= 15 is 0 Å². The van der Waals surface area contributed by atoms with E-state index in [1.807, 2.05) is 6.20 Å². The van der Waals surface area contributed by atoms with Crippen LogP contribution in [0.3, 0.4) is 0 Å². The van der Waals surface area contributed by atoms with Gasteiger partial charge in [-0.1, -0.05) is 54.4 Å². The minimum atomic E-state index is 0.342. The first-order valence-corrected chi connectivity index (χ1v) is 9.91. The molecule has 0 atom stereocenters. The van der Waals surface area contributed by atoms with Gasteiger partial charge in [0.2, 0.25) is 0 Å². The molecule has 3 heteroatoms.